The van der Waals surface area contributed by atoms with Gasteiger partial charge in [-0.05, 0) is 44.9 Å². The Morgan fingerprint density at radius 3 is 0.921 bits per heavy atom. The molecule has 0 aromatic rings. The van der Waals surface area contributed by atoms with E-state index in [9.17, 15) is 28.9 Å². The molecule has 2 N–H and O–H groups in total. The summed E-state index contributed by atoms with van der Waals surface area (Å²) in [6.07, 6.45) is 60.2. The monoisotopic (exact) mass is 1100 g/mol. The predicted molar refractivity (Wildman–Crippen MR) is 317 cm³/mol. The van der Waals surface area contributed by atoms with Gasteiger partial charge in [0.25, 0.3) is 0 Å². The van der Waals surface area contributed by atoms with Crippen LogP contribution in [0.2, 0.25) is 0 Å². The van der Waals surface area contributed by atoms with E-state index >= 15 is 0 Å². The van der Waals surface area contributed by atoms with E-state index < -0.39 is 57.8 Å². The van der Waals surface area contributed by atoms with E-state index in [1.165, 1.54) is 205 Å². The molecule has 0 saturated heterocycles. The summed E-state index contributed by atoms with van der Waals surface area (Å²) in [4.78, 5) is 48.7. The number of hydrogen-bond donors (Lipinski definition) is 2. The first kappa shape index (κ1) is 74.2. The van der Waals surface area contributed by atoms with Gasteiger partial charge in [-0.15, -0.1) is 0 Å². The summed E-state index contributed by atoms with van der Waals surface area (Å²) in [5, 5.41) is 9.83. The van der Waals surface area contributed by atoms with Crippen molar-refractivity contribution >= 4 is 25.7 Å². The van der Waals surface area contributed by atoms with Gasteiger partial charge in [0.1, 0.15) is 12.7 Å². The zero-order valence-corrected chi connectivity index (χ0v) is 50.9. The molecule has 0 amide bonds. The van der Waals surface area contributed by atoms with Crippen LogP contribution in [0.4, 0.5) is 0 Å². The number of phosphoric ester groups is 1. The van der Waals surface area contributed by atoms with Crippen molar-refractivity contribution < 1.29 is 52.2 Å². The molecule has 0 aromatic heterocycles. The third-order valence-electron chi connectivity index (χ3n) is 14.7. The normalized spacial score (nSPS) is 13.3. The van der Waals surface area contributed by atoms with Gasteiger partial charge in [0, 0.05) is 19.3 Å². The second kappa shape index (κ2) is 59.3. The van der Waals surface area contributed by atoms with Gasteiger partial charge in [0.05, 0.1) is 19.8 Å². The van der Waals surface area contributed by atoms with Gasteiger partial charge in [-0.25, -0.2) is 4.57 Å². The lowest BCUT2D eigenvalue weighted by atomic mass is 10.0. The highest BCUT2D eigenvalue weighted by Gasteiger charge is 2.28. The van der Waals surface area contributed by atoms with E-state index in [1.807, 2.05) is 0 Å². The van der Waals surface area contributed by atoms with Crippen LogP contribution in [0.5, 0.6) is 0 Å². The van der Waals surface area contributed by atoms with Crippen molar-refractivity contribution in [2.75, 3.05) is 26.4 Å². The van der Waals surface area contributed by atoms with Crippen LogP contribution in [0.15, 0.2) is 12.2 Å². The summed E-state index contributed by atoms with van der Waals surface area (Å²) in [5.74, 6) is -1.43. The molecule has 3 unspecified atom stereocenters. The van der Waals surface area contributed by atoms with Crippen LogP contribution >= 0.6 is 7.82 Å². The molecule has 0 saturated carbocycles. The van der Waals surface area contributed by atoms with Crippen LogP contribution in [0.1, 0.15) is 342 Å². The first-order valence-corrected chi connectivity index (χ1v) is 34.1. The summed E-state index contributed by atoms with van der Waals surface area (Å²) in [6.45, 7) is 4.71. The second-order valence-electron chi connectivity index (χ2n) is 22.3. The van der Waals surface area contributed by atoms with Gasteiger partial charge < -0.3 is 24.2 Å². The van der Waals surface area contributed by atoms with Gasteiger partial charge >= 0.3 is 25.7 Å². The lowest BCUT2D eigenvalue weighted by Crippen LogP contribution is -2.30. The zero-order chi connectivity index (χ0) is 55.5. The number of unbranched alkanes of at least 4 members (excludes halogenated alkanes) is 43. The molecule has 0 aliphatic carbocycles. The summed E-state index contributed by atoms with van der Waals surface area (Å²) in [5.41, 5.74) is 0. The van der Waals surface area contributed by atoms with Crippen molar-refractivity contribution in [2.24, 2.45) is 0 Å². The summed E-state index contributed by atoms with van der Waals surface area (Å²) in [6, 6.07) is 0. The Morgan fingerprint density at radius 1 is 0.355 bits per heavy atom. The quantitative estimate of drug-likeness (QED) is 0.0197. The van der Waals surface area contributed by atoms with Crippen molar-refractivity contribution in [2.45, 2.75) is 354 Å². The highest BCUT2D eigenvalue weighted by Crippen LogP contribution is 2.43. The summed E-state index contributed by atoms with van der Waals surface area (Å²) in [7, 11) is -4.74. The molecule has 0 heterocycles. The third-order valence-corrected chi connectivity index (χ3v) is 15.6. The Kier molecular flexibility index (Phi) is 58.0. The molecular weight excluding hydrogens is 976 g/mol. The Balaban J connectivity index is 4.64. The fourth-order valence-corrected chi connectivity index (χ4v) is 10.5. The maximum atomic E-state index is 13.0. The SMILES string of the molecule is CCCCCC/C=C\CCCCCCCC(=O)OC(CO)COP(=O)(O)OCC(COC(=O)CCCCCCCCCCCCCCCCCCC)OC(=O)CCCCCCCCCCCCCCCCCCCCC. The Bertz CT molecular complexity index is 1330. The standard InChI is InChI=1S/C64H123O11P/c1-4-7-10-13-16-19-22-25-27-29-30-32-34-37-40-43-46-49-52-55-64(68)75-61(57-71-62(66)53-50-47-44-41-38-36-33-31-28-26-23-20-17-14-11-8-5-2)59-73-76(69,70)72-58-60(56-65)74-63(67)54-51-48-45-42-39-35-24-21-18-15-12-9-6-3/h21,24,60-61,65H,4-20,22-23,25-59H2,1-3H3,(H,69,70)/b24-21-. The van der Waals surface area contributed by atoms with Crippen molar-refractivity contribution in [1.29, 1.82) is 0 Å². The number of aliphatic hydroxyl groups excluding tert-OH is 1. The number of allylic oxidation sites excluding steroid dienone is 2. The molecule has 0 spiro atoms. The van der Waals surface area contributed by atoms with Gasteiger partial charge in [0.2, 0.25) is 0 Å². The molecule has 76 heavy (non-hydrogen) atoms. The van der Waals surface area contributed by atoms with Gasteiger partial charge in [-0.2, -0.15) is 0 Å². The molecule has 0 aromatic carbocycles. The van der Waals surface area contributed by atoms with Crippen molar-refractivity contribution in [1.82, 2.24) is 0 Å². The molecule has 0 radical (unpaired) electrons. The number of esters is 3. The minimum Gasteiger partial charge on any atom is -0.462 e. The average Bonchev–Trinajstić information content (AvgIpc) is 3.41. The lowest BCUT2D eigenvalue weighted by Gasteiger charge is -2.21. The molecule has 0 bridgehead atoms. The average molecular weight is 1100 g/mol. The Hall–Kier alpha value is -1.78. The highest BCUT2D eigenvalue weighted by atomic mass is 31.2. The summed E-state index contributed by atoms with van der Waals surface area (Å²) < 4.78 is 39.7. The largest absolute Gasteiger partial charge is 0.472 e. The smallest absolute Gasteiger partial charge is 0.462 e. The maximum Gasteiger partial charge on any atom is 0.472 e. The number of phosphoric acid groups is 1. The van der Waals surface area contributed by atoms with E-state index in [0.29, 0.717) is 19.3 Å². The molecule has 0 rings (SSSR count). The van der Waals surface area contributed by atoms with Crippen molar-refractivity contribution in [3.63, 3.8) is 0 Å². The molecule has 11 nitrogen and oxygen atoms in total. The predicted octanol–water partition coefficient (Wildman–Crippen LogP) is 19.6. The van der Waals surface area contributed by atoms with Crippen LogP contribution < -0.4 is 0 Å². The number of carbonyl (C=O) groups excluding carboxylic acids is 3. The van der Waals surface area contributed by atoms with Gasteiger partial charge in [-0.3, -0.25) is 23.4 Å². The summed E-state index contributed by atoms with van der Waals surface area (Å²) >= 11 is 0. The molecule has 3 atom stereocenters. The number of hydrogen-bond acceptors (Lipinski definition) is 10. The molecule has 450 valence electrons. The number of aliphatic hydroxyl groups is 1. The van der Waals surface area contributed by atoms with Gasteiger partial charge in [0.15, 0.2) is 6.10 Å². The number of rotatable bonds is 62. The minimum absolute atomic E-state index is 0.173. The van der Waals surface area contributed by atoms with E-state index in [-0.39, 0.29) is 25.9 Å². The Morgan fingerprint density at radius 2 is 0.605 bits per heavy atom. The third kappa shape index (κ3) is 56.9. The number of ether oxygens (including phenoxy) is 3. The Labute approximate surface area is 468 Å². The van der Waals surface area contributed by atoms with E-state index in [4.69, 9.17) is 23.3 Å². The molecule has 0 fully saturated rings. The minimum atomic E-state index is -4.74. The first-order valence-electron chi connectivity index (χ1n) is 32.6. The topological polar surface area (TPSA) is 155 Å². The molecular formula is C64H123O11P. The van der Waals surface area contributed by atoms with Crippen molar-refractivity contribution in [3.05, 3.63) is 12.2 Å². The first-order chi connectivity index (χ1) is 37.2. The van der Waals surface area contributed by atoms with E-state index in [1.54, 1.807) is 0 Å². The molecule has 0 aliphatic rings. The maximum absolute atomic E-state index is 13.0. The van der Waals surface area contributed by atoms with Crippen LogP contribution in [0, 0.1) is 0 Å². The van der Waals surface area contributed by atoms with Gasteiger partial charge in [-0.1, -0.05) is 290 Å². The highest BCUT2D eigenvalue weighted by molar-refractivity contribution is 7.47. The van der Waals surface area contributed by atoms with E-state index in [2.05, 4.69) is 32.9 Å². The molecule has 0 aliphatic heterocycles. The number of carbonyl (C=O) groups is 3. The lowest BCUT2D eigenvalue weighted by molar-refractivity contribution is -0.161. The van der Waals surface area contributed by atoms with Crippen LogP contribution in [-0.2, 0) is 42.2 Å². The van der Waals surface area contributed by atoms with E-state index in [0.717, 1.165) is 77.0 Å². The van der Waals surface area contributed by atoms with Crippen LogP contribution in [0.3, 0.4) is 0 Å². The fraction of sp³-hybridized carbons (Fsp3) is 0.922. The zero-order valence-electron chi connectivity index (χ0n) is 50.0. The van der Waals surface area contributed by atoms with Crippen LogP contribution in [0.25, 0.3) is 0 Å². The molecule has 12 heteroatoms. The van der Waals surface area contributed by atoms with Crippen LogP contribution in [-0.4, -0.2) is 66.5 Å². The fourth-order valence-electron chi connectivity index (χ4n) is 9.71. The van der Waals surface area contributed by atoms with Crippen molar-refractivity contribution in [3.8, 4) is 0 Å². The second-order valence-corrected chi connectivity index (χ2v) is 23.8.